The molecule has 1 aliphatic heterocycles. The SMILES string of the molecule is CO[C@H]1C(=O)[C@@]2(C)C([C@H](OC(=O)c3ccccc3)[C@]3(O)C[C@H](OC(=O)[C@H](O)[C@@H](NC(=O)OC(C)(C)C)c4ccccc4)C(C)=C1C3(C)C)[C@]1(OC(C)=O)CCO[C@@H]1C[C@@H]2OC. The monoisotopic (exact) mass is 849 g/mol. The molecule has 3 N–H and O–H groups in total. The highest BCUT2D eigenvalue weighted by Gasteiger charge is 2.77. The van der Waals surface area contributed by atoms with E-state index in [0.29, 0.717) is 11.1 Å². The zero-order valence-electron chi connectivity index (χ0n) is 36.5. The molecule has 0 spiro atoms. The van der Waals surface area contributed by atoms with Crippen LogP contribution >= 0.6 is 0 Å². The minimum absolute atomic E-state index is 0.0899. The number of rotatable bonds is 10. The molecule has 1 heterocycles. The Bertz CT molecular complexity index is 2030. The summed E-state index contributed by atoms with van der Waals surface area (Å²) in [6, 6.07) is 15.1. The molecule has 15 heteroatoms. The summed E-state index contributed by atoms with van der Waals surface area (Å²) in [6.07, 6.45) is -9.26. The number of ketones is 1. The Balaban J connectivity index is 1.54. The van der Waals surface area contributed by atoms with Gasteiger partial charge in [0.15, 0.2) is 11.9 Å². The molecule has 11 atom stereocenters. The number of carbonyl (C=O) groups is 5. The highest BCUT2D eigenvalue weighted by Crippen LogP contribution is 2.64. The van der Waals surface area contributed by atoms with Gasteiger partial charge in [0, 0.05) is 45.8 Å². The second kappa shape index (κ2) is 16.9. The molecule has 1 amide bonds. The molecule has 3 aliphatic carbocycles. The number of hydrogen-bond acceptors (Lipinski definition) is 14. The molecule has 6 rings (SSSR count). The largest absolute Gasteiger partial charge is 0.456 e. The zero-order chi connectivity index (χ0) is 44.9. The Morgan fingerprint density at radius 2 is 1.56 bits per heavy atom. The summed E-state index contributed by atoms with van der Waals surface area (Å²) >= 11 is 0. The fourth-order valence-corrected chi connectivity index (χ4v) is 10.5. The van der Waals surface area contributed by atoms with Crippen LogP contribution in [0.5, 0.6) is 0 Å². The van der Waals surface area contributed by atoms with Gasteiger partial charge in [-0.1, -0.05) is 62.4 Å². The van der Waals surface area contributed by atoms with Crippen molar-refractivity contribution >= 4 is 29.8 Å². The second-order valence-electron chi connectivity index (χ2n) is 18.3. The van der Waals surface area contributed by atoms with Gasteiger partial charge in [0.1, 0.15) is 41.2 Å². The maximum absolute atomic E-state index is 15.7. The van der Waals surface area contributed by atoms with Crippen molar-refractivity contribution in [3.63, 3.8) is 0 Å². The van der Waals surface area contributed by atoms with Gasteiger partial charge in [-0.05, 0) is 63.5 Å². The van der Waals surface area contributed by atoms with E-state index in [-0.39, 0.29) is 30.6 Å². The highest BCUT2D eigenvalue weighted by molar-refractivity contribution is 5.94. The predicted octanol–water partition coefficient (Wildman–Crippen LogP) is 4.96. The van der Waals surface area contributed by atoms with E-state index in [4.69, 9.17) is 33.2 Å². The Labute approximate surface area is 356 Å². The van der Waals surface area contributed by atoms with Crippen LogP contribution in [0.15, 0.2) is 71.8 Å². The number of methoxy groups -OCH3 is 2. The number of carbonyl (C=O) groups excluding carboxylic acids is 5. The van der Waals surface area contributed by atoms with Crippen LogP contribution in [-0.4, -0.2) is 114 Å². The molecule has 0 aromatic heterocycles. The Morgan fingerprint density at radius 1 is 0.934 bits per heavy atom. The summed E-state index contributed by atoms with van der Waals surface area (Å²) in [6.45, 7) is 13.1. The maximum atomic E-state index is 15.7. The van der Waals surface area contributed by atoms with Crippen molar-refractivity contribution < 1.29 is 67.3 Å². The number of hydrogen-bond donors (Lipinski definition) is 3. The average Bonchev–Trinajstić information content (AvgIpc) is 3.60. The molecular weight excluding hydrogens is 790 g/mol. The van der Waals surface area contributed by atoms with Crippen molar-refractivity contribution in [3.8, 4) is 0 Å². The van der Waals surface area contributed by atoms with Crippen molar-refractivity contribution in [1.82, 2.24) is 5.32 Å². The van der Waals surface area contributed by atoms with E-state index in [1.54, 1.807) is 109 Å². The minimum atomic E-state index is -2.23. The molecule has 2 aromatic carbocycles. The molecule has 332 valence electrons. The van der Waals surface area contributed by atoms with Crippen LogP contribution < -0.4 is 5.32 Å². The Morgan fingerprint density at radius 3 is 2.13 bits per heavy atom. The first-order valence-corrected chi connectivity index (χ1v) is 20.6. The third-order valence-corrected chi connectivity index (χ3v) is 13.3. The van der Waals surface area contributed by atoms with Crippen LogP contribution in [0.1, 0.15) is 96.6 Å². The smallest absolute Gasteiger partial charge is 0.408 e. The Kier molecular flexibility index (Phi) is 12.7. The number of ether oxygens (including phenoxy) is 7. The van der Waals surface area contributed by atoms with Gasteiger partial charge in [0.2, 0.25) is 0 Å². The summed E-state index contributed by atoms with van der Waals surface area (Å²) in [5.74, 6) is -4.52. The number of aliphatic hydroxyl groups excluding tert-OH is 1. The lowest BCUT2D eigenvalue weighted by Gasteiger charge is -2.64. The van der Waals surface area contributed by atoms with Crippen molar-refractivity contribution in [2.45, 2.75) is 134 Å². The quantitative estimate of drug-likeness (QED) is 0.165. The maximum Gasteiger partial charge on any atom is 0.408 e. The van der Waals surface area contributed by atoms with Crippen LogP contribution in [-0.2, 0) is 47.5 Å². The van der Waals surface area contributed by atoms with Crippen molar-refractivity contribution in [2.24, 2.45) is 16.7 Å². The van der Waals surface area contributed by atoms with Crippen LogP contribution in [0.25, 0.3) is 0 Å². The van der Waals surface area contributed by atoms with Crippen LogP contribution in [0.4, 0.5) is 4.79 Å². The fraction of sp³-hybridized carbons (Fsp3) is 0.587. The number of nitrogens with one attached hydrogen (secondary N) is 1. The highest BCUT2D eigenvalue weighted by atomic mass is 16.6. The first-order chi connectivity index (χ1) is 28.6. The summed E-state index contributed by atoms with van der Waals surface area (Å²) in [5, 5.41) is 28.1. The number of alkyl carbamates (subject to hydrolysis) is 1. The predicted molar refractivity (Wildman–Crippen MR) is 218 cm³/mol. The fourth-order valence-electron chi connectivity index (χ4n) is 10.5. The van der Waals surface area contributed by atoms with Crippen molar-refractivity contribution in [3.05, 3.63) is 82.9 Å². The van der Waals surface area contributed by atoms with E-state index in [9.17, 15) is 29.4 Å². The summed E-state index contributed by atoms with van der Waals surface area (Å²) in [4.78, 5) is 70.5. The molecule has 15 nitrogen and oxygen atoms in total. The van der Waals surface area contributed by atoms with E-state index in [1.807, 2.05) is 0 Å². The van der Waals surface area contributed by atoms with Gasteiger partial charge in [0.05, 0.1) is 35.6 Å². The summed E-state index contributed by atoms with van der Waals surface area (Å²) < 4.78 is 42.9. The molecular formula is C46H59NO14. The van der Waals surface area contributed by atoms with Gasteiger partial charge < -0.3 is 48.7 Å². The molecule has 2 aromatic rings. The zero-order valence-corrected chi connectivity index (χ0v) is 36.5. The van der Waals surface area contributed by atoms with E-state index in [1.165, 1.54) is 21.1 Å². The molecule has 2 bridgehead atoms. The van der Waals surface area contributed by atoms with E-state index in [0.717, 1.165) is 0 Å². The number of amides is 1. The van der Waals surface area contributed by atoms with Gasteiger partial charge >= 0.3 is 24.0 Å². The molecule has 0 radical (unpaired) electrons. The third kappa shape index (κ3) is 7.99. The second-order valence-corrected chi connectivity index (χ2v) is 18.3. The van der Waals surface area contributed by atoms with E-state index >= 15 is 4.79 Å². The summed E-state index contributed by atoms with van der Waals surface area (Å²) in [7, 11) is 2.80. The van der Waals surface area contributed by atoms with Crippen LogP contribution in [0.2, 0.25) is 0 Å². The number of esters is 3. The van der Waals surface area contributed by atoms with Crippen LogP contribution in [0.3, 0.4) is 0 Å². The lowest BCUT2D eigenvalue weighted by atomic mass is 9.45. The molecule has 4 aliphatic rings. The lowest BCUT2D eigenvalue weighted by Crippen LogP contribution is -2.77. The standard InChI is InChI=1S/C46H59NO14/c1-25-29(58-40(52)34(49)33(27-17-13-11-14-18-27)47-41(53)61-42(3,4)5)24-46(54)38(59-39(51)28-19-15-12-16-20-28)36-44(8,37(50)35(56-10)32(25)43(46,6)7)30(55-9)23-31-45(36,21-22-57-31)60-26(2)48/h11-20,29-31,33-36,38,49,54H,21-24H2,1-10H3,(H,47,53)/t29-,30-,31+,33-,34+,35+,36?,38-,44+,45-,46+/m0/s1. The van der Waals surface area contributed by atoms with E-state index < -0.39 is 112 Å². The molecule has 1 saturated heterocycles. The molecule has 2 saturated carbocycles. The van der Waals surface area contributed by atoms with Crippen molar-refractivity contribution in [2.75, 3.05) is 20.8 Å². The van der Waals surface area contributed by atoms with E-state index in [2.05, 4.69) is 5.32 Å². The summed E-state index contributed by atoms with van der Waals surface area (Å²) in [5.41, 5.74) is -6.76. The number of Topliss-reactive ketones (excluding diaryl/α,β-unsaturated/α-hetero) is 1. The van der Waals surface area contributed by atoms with Gasteiger partial charge in [0.25, 0.3) is 0 Å². The third-order valence-electron chi connectivity index (χ3n) is 13.3. The van der Waals surface area contributed by atoms with Crippen LogP contribution in [0, 0.1) is 16.7 Å². The lowest BCUT2D eigenvalue weighted by molar-refractivity contribution is -0.275. The number of benzene rings is 2. The average molecular weight is 850 g/mol. The minimum Gasteiger partial charge on any atom is -0.456 e. The van der Waals surface area contributed by atoms with Gasteiger partial charge in [-0.15, -0.1) is 0 Å². The first kappa shape index (κ1) is 45.8. The van der Waals surface area contributed by atoms with Gasteiger partial charge in [-0.3, -0.25) is 9.59 Å². The molecule has 1 unspecified atom stereocenters. The van der Waals surface area contributed by atoms with Gasteiger partial charge in [-0.25, -0.2) is 14.4 Å². The number of aliphatic hydroxyl groups is 2. The Hall–Kier alpha value is -4.67. The number of fused-ring (bicyclic) bond motifs is 5. The molecule has 3 fully saturated rings. The normalized spacial score (nSPS) is 32.8. The first-order valence-electron chi connectivity index (χ1n) is 20.6. The van der Waals surface area contributed by atoms with Crippen molar-refractivity contribution in [1.29, 1.82) is 0 Å². The molecule has 61 heavy (non-hydrogen) atoms. The topological polar surface area (TPSA) is 202 Å². The van der Waals surface area contributed by atoms with Gasteiger partial charge in [-0.2, -0.15) is 0 Å².